The van der Waals surface area contributed by atoms with Crippen molar-refractivity contribution >= 4 is 28.5 Å². The average Bonchev–Trinajstić information content (AvgIpc) is 3.01. The van der Waals surface area contributed by atoms with Crippen LogP contribution >= 0.6 is 0 Å². The zero-order chi connectivity index (χ0) is 29.6. The summed E-state index contributed by atoms with van der Waals surface area (Å²) < 4.78 is 44.4. The number of fused-ring (bicyclic) bond motifs is 1. The van der Waals surface area contributed by atoms with Gasteiger partial charge in [0.2, 0.25) is 0 Å². The number of hydrogen-bond donors (Lipinski definition) is 0. The maximum Gasteiger partial charge on any atom is 0.338 e. The summed E-state index contributed by atoms with van der Waals surface area (Å²) in [5.41, 5.74) is 0.780. The van der Waals surface area contributed by atoms with Crippen molar-refractivity contribution in [2.75, 3.05) is 6.61 Å². The van der Waals surface area contributed by atoms with Crippen LogP contribution in [0.5, 0.6) is 0 Å². The fraction of sp³-hybridized carbons (Fsp3) is 0.344. The molecule has 0 saturated carbocycles. The normalized spacial score (nSPS) is 26.0. The summed E-state index contributed by atoms with van der Waals surface area (Å²) in [4.78, 5) is 38.3. The lowest BCUT2D eigenvalue weighted by Crippen LogP contribution is -2.64. The zero-order valence-corrected chi connectivity index (χ0v) is 24.1. The smallest absolute Gasteiger partial charge is 0.338 e. The monoisotopic (exact) mass is 592 g/mol. The number of benzene rings is 3. The van der Waals surface area contributed by atoms with Crippen molar-refractivity contribution in [3.05, 3.63) is 102 Å². The van der Waals surface area contributed by atoms with Gasteiger partial charge in [0.25, 0.3) is 0 Å². The second-order valence-corrected chi connectivity index (χ2v) is 11.8. The van der Waals surface area contributed by atoms with E-state index in [0.29, 0.717) is 4.90 Å². The molecule has 42 heavy (non-hydrogen) atoms. The van der Waals surface area contributed by atoms with Gasteiger partial charge in [-0.3, -0.25) is 9.00 Å². The third-order valence-electron chi connectivity index (χ3n) is 7.02. The fourth-order valence-electron chi connectivity index (χ4n) is 4.82. The van der Waals surface area contributed by atoms with Crippen LogP contribution in [0.3, 0.4) is 0 Å². The zero-order valence-electron chi connectivity index (χ0n) is 23.3. The Bertz CT molecular complexity index is 1410. The van der Waals surface area contributed by atoms with Crippen LogP contribution in [0.2, 0.25) is 0 Å². The highest BCUT2D eigenvalue weighted by molar-refractivity contribution is 7.85. The molecule has 10 heteroatoms. The second-order valence-electron chi connectivity index (χ2n) is 10.2. The highest BCUT2D eigenvalue weighted by Gasteiger charge is 2.55. The molecule has 7 atom stereocenters. The molecule has 2 unspecified atom stereocenters. The predicted molar refractivity (Wildman–Crippen MR) is 152 cm³/mol. The minimum atomic E-state index is -1.85. The van der Waals surface area contributed by atoms with Crippen molar-refractivity contribution in [1.82, 2.24) is 0 Å². The molecule has 2 saturated heterocycles. The summed E-state index contributed by atoms with van der Waals surface area (Å²) in [5, 5.41) is 0. The summed E-state index contributed by atoms with van der Waals surface area (Å²) in [6.07, 6.45) is -5.25. The van der Waals surface area contributed by atoms with Crippen LogP contribution in [0.25, 0.3) is 0 Å². The Labute approximate surface area is 246 Å². The number of aryl methyl sites for hydroxylation is 1. The molecule has 3 aromatic rings. The molecule has 2 fully saturated rings. The lowest BCUT2D eigenvalue weighted by molar-refractivity contribution is -0.319. The molecule has 0 amide bonds. The summed E-state index contributed by atoms with van der Waals surface area (Å²) in [5.74, 6) is -1.56. The van der Waals surface area contributed by atoms with Crippen LogP contribution in [0.1, 0.15) is 47.5 Å². The van der Waals surface area contributed by atoms with Gasteiger partial charge in [-0.2, -0.15) is 0 Å². The third kappa shape index (κ3) is 7.01. The van der Waals surface area contributed by atoms with Gasteiger partial charge in [0, 0.05) is 16.9 Å². The van der Waals surface area contributed by atoms with Crippen LogP contribution in [0.15, 0.2) is 89.8 Å². The maximum atomic E-state index is 13.9. The first-order valence-corrected chi connectivity index (χ1v) is 14.9. The quantitative estimate of drug-likeness (QED) is 0.333. The van der Waals surface area contributed by atoms with E-state index in [9.17, 15) is 18.6 Å². The van der Waals surface area contributed by atoms with Crippen LogP contribution in [0, 0.1) is 6.92 Å². The topological polar surface area (TPSA) is 114 Å². The lowest BCUT2D eigenvalue weighted by Gasteiger charge is -2.48. The van der Waals surface area contributed by atoms with Crippen molar-refractivity contribution in [3.8, 4) is 0 Å². The van der Waals surface area contributed by atoms with E-state index in [-0.39, 0.29) is 30.8 Å². The van der Waals surface area contributed by atoms with Gasteiger partial charge in [-0.25, -0.2) is 4.79 Å². The Balaban J connectivity index is 1.51. The molecule has 0 spiro atoms. The molecule has 0 radical (unpaired) electrons. The first-order chi connectivity index (χ1) is 20.3. The fourth-order valence-corrected chi connectivity index (χ4v) is 6.19. The SMILES string of the molecule is CC(=O)CCC(=O)O[C@@H]1[C@@H](OC(=O)c2ccccc2)[C@H]2OC(c3ccccc3)OC[C@H]2O[C@H]1S(=O)c1ccc(C)cc1. The van der Waals surface area contributed by atoms with Gasteiger partial charge in [0.05, 0.1) is 29.4 Å². The number of hydrogen-bond acceptors (Lipinski definition) is 9. The summed E-state index contributed by atoms with van der Waals surface area (Å²) in [6.45, 7) is 3.34. The van der Waals surface area contributed by atoms with Gasteiger partial charge in [-0.15, -0.1) is 0 Å². The lowest BCUT2D eigenvalue weighted by atomic mass is 9.98. The number of carbonyl (C=O) groups is 3. The minimum Gasteiger partial charge on any atom is -0.454 e. The van der Waals surface area contributed by atoms with E-state index in [1.54, 1.807) is 42.5 Å². The Morgan fingerprint density at radius 1 is 0.833 bits per heavy atom. The number of ketones is 1. The number of ether oxygens (including phenoxy) is 5. The average molecular weight is 593 g/mol. The molecule has 2 aliphatic heterocycles. The predicted octanol–water partition coefficient (Wildman–Crippen LogP) is 4.45. The minimum absolute atomic E-state index is 0.0287. The Kier molecular flexibility index (Phi) is 9.58. The number of carbonyl (C=O) groups excluding carboxylic acids is 3. The standard InChI is InChI=1S/C32H32O9S/c1-20-13-16-24(17-14-20)42(36)32-29(39-26(34)18-15-21(2)33)28(40-30(35)22-9-5-3-6-10-22)27-25(38-32)19-37-31(41-27)23-11-7-4-8-12-23/h3-14,16-17,25,27-29,31-32H,15,18-19H2,1-2H3/t25-,27+,28+,29-,31?,32+,42?/m1/s1. The van der Waals surface area contributed by atoms with Crippen LogP contribution in [0.4, 0.5) is 0 Å². The third-order valence-corrected chi connectivity index (χ3v) is 8.56. The van der Waals surface area contributed by atoms with Crippen LogP contribution < -0.4 is 0 Å². The molecule has 9 nitrogen and oxygen atoms in total. The molecule has 5 rings (SSSR count). The van der Waals surface area contributed by atoms with Crippen molar-refractivity contribution < 1.29 is 42.3 Å². The van der Waals surface area contributed by atoms with E-state index in [1.807, 2.05) is 49.4 Å². The Morgan fingerprint density at radius 3 is 2.17 bits per heavy atom. The van der Waals surface area contributed by atoms with Gasteiger partial charge >= 0.3 is 11.9 Å². The van der Waals surface area contributed by atoms with Gasteiger partial charge in [0.15, 0.2) is 23.9 Å². The van der Waals surface area contributed by atoms with Crippen molar-refractivity contribution in [1.29, 1.82) is 0 Å². The van der Waals surface area contributed by atoms with E-state index in [2.05, 4.69) is 0 Å². The van der Waals surface area contributed by atoms with Crippen molar-refractivity contribution in [2.24, 2.45) is 0 Å². The molecule has 0 bridgehead atoms. The molecule has 2 heterocycles. The van der Waals surface area contributed by atoms with Crippen molar-refractivity contribution in [2.45, 2.75) is 67.7 Å². The molecule has 220 valence electrons. The van der Waals surface area contributed by atoms with Gasteiger partial charge in [-0.1, -0.05) is 66.2 Å². The molecular weight excluding hydrogens is 560 g/mol. The Morgan fingerprint density at radius 2 is 1.50 bits per heavy atom. The highest BCUT2D eigenvalue weighted by atomic mass is 32.2. The first kappa shape index (κ1) is 29.8. The van der Waals surface area contributed by atoms with E-state index >= 15 is 0 Å². The van der Waals surface area contributed by atoms with Crippen LogP contribution in [-0.4, -0.2) is 58.4 Å². The largest absolute Gasteiger partial charge is 0.454 e. The Hall–Kier alpha value is -3.70. The number of rotatable bonds is 9. The number of esters is 2. The summed E-state index contributed by atoms with van der Waals surface area (Å²) in [7, 11) is -1.85. The second kappa shape index (κ2) is 13.5. The molecule has 0 aliphatic carbocycles. The highest BCUT2D eigenvalue weighted by Crippen LogP contribution is 2.38. The molecule has 0 aromatic heterocycles. The molecule has 2 aliphatic rings. The van der Waals surface area contributed by atoms with E-state index < -0.39 is 58.9 Å². The van der Waals surface area contributed by atoms with E-state index in [4.69, 9.17) is 23.7 Å². The summed E-state index contributed by atoms with van der Waals surface area (Å²) >= 11 is 0. The molecule has 3 aromatic carbocycles. The van der Waals surface area contributed by atoms with Gasteiger partial charge < -0.3 is 28.5 Å². The van der Waals surface area contributed by atoms with Crippen LogP contribution in [-0.2, 0) is 44.1 Å². The van der Waals surface area contributed by atoms with Gasteiger partial charge in [-0.05, 0) is 38.1 Å². The molecular formula is C32H32O9S. The summed E-state index contributed by atoms with van der Waals surface area (Å²) in [6, 6.07) is 24.7. The maximum absolute atomic E-state index is 13.9. The van der Waals surface area contributed by atoms with Gasteiger partial charge in [0.1, 0.15) is 18.0 Å². The molecule has 0 N–H and O–H groups in total. The van der Waals surface area contributed by atoms with E-state index in [1.165, 1.54) is 6.92 Å². The van der Waals surface area contributed by atoms with E-state index in [0.717, 1.165) is 11.1 Å². The first-order valence-electron chi connectivity index (χ1n) is 13.7. The number of Topliss-reactive ketones (excluding diaryl/α,β-unsaturated/α-hetero) is 1. The van der Waals surface area contributed by atoms with Crippen molar-refractivity contribution in [3.63, 3.8) is 0 Å².